The molecule has 0 amide bonds. The summed E-state index contributed by atoms with van der Waals surface area (Å²) >= 11 is 0. The predicted molar refractivity (Wildman–Crippen MR) is 69.4 cm³/mol. The Hall–Kier alpha value is -1.81. The first kappa shape index (κ1) is 11.3. The predicted octanol–water partition coefficient (Wildman–Crippen LogP) is 1.64. The van der Waals surface area contributed by atoms with Gasteiger partial charge in [-0.2, -0.15) is 5.10 Å². The molecule has 0 saturated carbocycles. The van der Waals surface area contributed by atoms with Crippen LogP contribution in [-0.2, 0) is 26.6 Å². The van der Waals surface area contributed by atoms with Gasteiger partial charge in [-0.3, -0.25) is 4.68 Å². The summed E-state index contributed by atoms with van der Waals surface area (Å²) in [6.45, 7) is 2.47. The second kappa shape index (κ2) is 4.82. The Morgan fingerprint density at radius 2 is 2.17 bits per heavy atom. The summed E-state index contributed by atoms with van der Waals surface area (Å²) in [5.74, 6) is 0.890. The van der Waals surface area contributed by atoms with E-state index >= 15 is 0 Å². The van der Waals surface area contributed by atoms with Crippen LogP contribution in [0.1, 0.15) is 17.0 Å². The molecule has 4 heteroatoms. The summed E-state index contributed by atoms with van der Waals surface area (Å²) in [6, 6.07) is 9.87. The fourth-order valence-electron chi connectivity index (χ4n) is 2.38. The molecule has 0 aliphatic carbocycles. The van der Waals surface area contributed by atoms with Crippen LogP contribution in [0.4, 0.5) is 0 Å². The average Bonchev–Trinajstić information content (AvgIpc) is 2.75. The smallest absolute Gasteiger partial charge is 0.132 e. The van der Waals surface area contributed by atoms with Crippen molar-refractivity contribution in [2.24, 2.45) is 7.05 Å². The lowest BCUT2D eigenvalue weighted by Crippen LogP contribution is -2.24. The zero-order valence-electron chi connectivity index (χ0n) is 10.5. The fourth-order valence-corrected chi connectivity index (χ4v) is 2.38. The van der Waals surface area contributed by atoms with Gasteiger partial charge in [0.25, 0.3) is 0 Å². The molecule has 94 valence electrons. The lowest BCUT2D eigenvalue weighted by molar-refractivity contribution is 0.298. The van der Waals surface area contributed by atoms with Crippen molar-refractivity contribution in [2.75, 3.05) is 6.54 Å². The van der Waals surface area contributed by atoms with E-state index < -0.39 is 0 Å². The summed E-state index contributed by atoms with van der Waals surface area (Å²) in [4.78, 5) is 0. The number of para-hydroxylation sites is 1. The fraction of sp³-hybridized carbons (Fsp3) is 0.357. The van der Waals surface area contributed by atoms with E-state index in [0.29, 0.717) is 6.61 Å². The first-order valence-corrected chi connectivity index (χ1v) is 6.27. The molecular weight excluding hydrogens is 226 g/mol. The molecule has 0 atom stereocenters. The molecule has 1 aromatic heterocycles. The van der Waals surface area contributed by atoms with Crippen molar-refractivity contribution in [2.45, 2.75) is 19.6 Å². The number of fused-ring (bicyclic) bond motifs is 1. The molecular formula is C14H17N3O. The normalized spacial score (nSPS) is 14.3. The van der Waals surface area contributed by atoms with E-state index in [-0.39, 0.29) is 0 Å². The highest BCUT2D eigenvalue weighted by atomic mass is 16.5. The molecule has 1 N–H and O–H groups in total. The largest absolute Gasteiger partial charge is 0.487 e. The summed E-state index contributed by atoms with van der Waals surface area (Å²) in [7, 11) is 2.01. The molecule has 3 rings (SSSR count). The Morgan fingerprint density at radius 3 is 3.00 bits per heavy atom. The maximum Gasteiger partial charge on any atom is 0.132 e. The van der Waals surface area contributed by atoms with E-state index in [1.165, 1.54) is 11.3 Å². The molecule has 1 aromatic carbocycles. The van der Waals surface area contributed by atoms with Gasteiger partial charge in [0.15, 0.2) is 0 Å². The Bertz CT molecular complexity index is 533. The number of hydrogen-bond donors (Lipinski definition) is 1. The van der Waals surface area contributed by atoms with Gasteiger partial charge in [-0.1, -0.05) is 18.2 Å². The van der Waals surface area contributed by atoms with Gasteiger partial charge in [0.2, 0.25) is 0 Å². The minimum absolute atomic E-state index is 0.537. The van der Waals surface area contributed by atoms with Crippen LogP contribution < -0.4 is 10.1 Å². The van der Waals surface area contributed by atoms with Gasteiger partial charge in [0.05, 0.1) is 0 Å². The van der Waals surface area contributed by atoms with Crippen molar-refractivity contribution in [3.8, 4) is 5.75 Å². The van der Waals surface area contributed by atoms with Crippen LogP contribution in [0.5, 0.6) is 5.75 Å². The van der Waals surface area contributed by atoms with Crippen molar-refractivity contribution in [1.82, 2.24) is 15.1 Å². The van der Waals surface area contributed by atoms with Crippen LogP contribution >= 0.6 is 0 Å². The second-order valence-electron chi connectivity index (χ2n) is 4.52. The Morgan fingerprint density at radius 1 is 1.33 bits per heavy atom. The first-order chi connectivity index (χ1) is 8.84. The van der Waals surface area contributed by atoms with Crippen molar-refractivity contribution in [3.63, 3.8) is 0 Å². The monoisotopic (exact) mass is 243 g/mol. The molecule has 0 radical (unpaired) electrons. The third-order valence-electron chi connectivity index (χ3n) is 3.32. The molecule has 1 aliphatic heterocycles. The van der Waals surface area contributed by atoms with Crippen LogP contribution in [-0.4, -0.2) is 16.3 Å². The molecule has 2 aromatic rings. The van der Waals surface area contributed by atoms with Crippen molar-refractivity contribution in [1.29, 1.82) is 0 Å². The van der Waals surface area contributed by atoms with Gasteiger partial charge in [-0.25, -0.2) is 0 Å². The highest BCUT2D eigenvalue weighted by Gasteiger charge is 2.18. The number of nitrogens with zero attached hydrogens (tertiary/aromatic N) is 2. The quantitative estimate of drug-likeness (QED) is 0.891. The Kier molecular flexibility index (Phi) is 3.02. The van der Waals surface area contributed by atoms with Crippen LogP contribution in [0, 0.1) is 0 Å². The number of aryl methyl sites for hydroxylation is 1. The van der Waals surface area contributed by atoms with E-state index in [0.717, 1.165) is 31.0 Å². The van der Waals surface area contributed by atoms with E-state index in [9.17, 15) is 0 Å². The third kappa shape index (κ3) is 2.11. The van der Waals surface area contributed by atoms with Crippen molar-refractivity contribution in [3.05, 3.63) is 47.3 Å². The van der Waals surface area contributed by atoms with E-state index in [2.05, 4.69) is 10.4 Å². The minimum atomic E-state index is 0.537. The van der Waals surface area contributed by atoms with Gasteiger partial charge in [-0.05, 0) is 12.1 Å². The van der Waals surface area contributed by atoms with Gasteiger partial charge in [0, 0.05) is 37.8 Å². The first-order valence-electron chi connectivity index (χ1n) is 6.27. The van der Waals surface area contributed by atoms with Crippen LogP contribution in [0.2, 0.25) is 0 Å². The zero-order chi connectivity index (χ0) is 12.4. The summed E-state index contributed by atoms with van der Waals surface area (Å²) < 4.78 is 7.75. The summed E-state index contributed by atoms with van der Waals surface area (Å²) in [5.41, 5.74) is 3.68. The minimum Gasteiger partial charge on any atom is -0.487 e. The number of nitrogens with one attached hydrogen (secondary N) is 1. The summed E-state index contributed by atoms with van der Waals surface area (Å²) in [5, 5.41) is 7.94. The van der Waals surface area contributed by atoms with Gasteiger partial charge in [0.1, 0.15) is 18.1 Å². The molecule has 0 saturated heterocycles. The molecule has 0 unspecified atom stereocenters. The number of hydrogen-bond acceptors (Lipinski definition) is 3. The van der Waals surface area contributed by atoms with Crippen molar-refractivity contribution < 1.29 is 4.74 Å². The molecule has 0 spiro atoms. The zero-order valence-corrected chi connectivity index (χ0v) is 10.5. The maximum absolute atomic E-state index is 5.77. The Labute approximate surface area is 107 Å². The number of rotatable bonds is 3. The van der Waals surface area contributed by atoms with Gasteiger partial charge >= 0.3 is 0 Å². The average molecular weight is 243 g/mol. The molecule has 0 bridgehead atoms. The molecule has 4 nitrogen and oxygen atoms in total. The third-order valence-corrected chi connectivity index (χ3v) is 3.32. The second-order valence-corrected chi connectivity index (χ2v) is 4.52. The van der Waals surface area contributed by atoms with Crippen molar-refractivity contribution >= 4 is 0 Å². The maximum atomic E-state index is 5.77. The molecule has 1 aliphatic rings. The number of aromatic nitrogens is 2. The molecule has 0 fully saturated rings. The van der Waals surface area contributed by atoms with Gasteiger partial charge in [-0.15, -0.1) is 0 Å². The van der Waals surface area contributed by atoms with Crippen LogP contribution in [0.15, 0.2) is 30.3 Å². The van der Waals surface area contributed by atoms with E-state index in [1.54, 1.807) is 0 Å². The van der Waals surface area contributed by atoms with E-state index in [4.69, 9.17) is 4.74 Å². The standard InChI is InChI=1S/C14H17N3O/c1-17-14-7-8-15-9-12(14)13(16-17)10-18-11-5-3-2-4-6-11/h2-6,15H,7-10H2,1H3. The lowest BCUT2D eigenvalue weighted by Gasteiger charge is -2.14. The molecule has 2 heterocycles. The topological polar surface area (TPSA) is 39.1 Å². The van der Waals surface area contributed by atoms with Gasteiger partial charge < -0.3 is 10.1 Å². The Balaban J connectivity index is 1.77. The highest BCUT2D eigenvalue weighted by molar-refractivity contribution is 5.29. The SMILES string of the molecule is Cn1nc(COc2ccccc2)c2c1CCNC2. The molecule has 18 heavy (non-hydrogen) atoms. The highest BCUT2D eigenvalue weighted by Crippen LogP contribution is 2.19. The number of ether oxygens (including phenoxy) is 1. The lowest BCUT2D eigenvalue weighted by atomic mass is 10.1. The summed E-state index contributed by atoms with van der Waals surface area (Å²) in [6.07, 6.45) is 1.05. The van der Waals surface area contributed by atoms with Crippen LogP contribution in [0.3, 0.4) is 0 Å². The number of benzene rings is 1. The van der Waals surface area contributed by atoms with E-state index in [1.807, 2.05) is 42.1 Å². The van der Waals surface area contributed by atoms with Crippen LogP contribution in [0.25, 0.3) is 0 Å².